The van der Waals surface area contributed by atoms with E-state index < -0.39 is 0 Å². The number of hydrogen-bond acceptors (Lipinski definition) is 4. The maximum absolute atomic E-state index is 6.63. The van der Waals surface area contributed by atoms with Crippen molar-refractivity contribution in [2.45, 2.75) is 89.3 Å². The van der Waals surface area contributed by atoms with Crippen LogP contribution in [0.15, 0.2) is 114 Å². The predicted molar refractivity (Wildman–Crippen MR) is 185 cm³/mol. The summed E-state index contributed by atoms with van der Waals surface area (Å²) in [6.45, 7) is 3.69. The normalized spacial score (nSPS) is 23.0. The molecule has 244 valence electrons. The molecule has 0 unspecified atom stereocenters. The van der Waals surface area contributed by atoms with Gasteiger partial charge in [0, 0.05) is 37.1 Å². The van der Waals surface area contributed by atoms with Crippen LogP contribution in [0, 0.1) is 17.8 Å². The lowest BCUT2D eigenvalue weighted by Gasteiger charge is -2.56. The van der Waals surface area contributed by atoms with Crippen molar-refractivity contribution < 1.29 is 18.6 Å². The molecule has 2 aromatic carbocycles. The molecule has 2 heterocycles. The summed E-state index contributed by atoms with van der Waals surface area (Å²) < 4.78 is 17.2. The van der Waals surface area contributed by atoms with Gasteiger partial charge in [0.2, 0.25) is 0 Å². The van der Waals surface area contributed by atoms with Crippen LogP contribution in [0.5, 0.6) is 5.75 Å². The SMILES string of the molecule is c1ccc(N=Nc2ccc(OCCCCCC[n+]3ccc(-c4cc[n+](CCCOC56CC7CC(CC(C7)C5)C6)cc4)cc3)cc2)cc1. The summed E-state index contributed by atoms with van der Waals surface area (Å²) in [4.78, 5) is 0. The molecule has 6 heteroatoms. The first kappa shape index (κ1) is 31.7. The van der Waals surface area contributed by atoms with E-state index in [9.17, 15) is 0 Å². The van der Waals surface area contributed by atoms with Gasteiger partial charge >= 0.3 is 0 Å². The standard InChI is InChI=1S/C41H50N4O2/c1(2-7-25-46-40-13-11-39(12-14-40)43-42-38-9-4-3-5-10-38)6-19-44-21-15-36(16-22-44)37-17-23-45(24-18-37)20-8-26-47-41-30-33-27-34(31-41)29-35(28-33)32-41/h3-5,9-18,21-24,33-35H,1-2,6-8,19-20,25-32H2/q+2. The van der Waals surface area contributed by atoms with E-state index in [2.05, 4.69) is 68.4 Å². The number of ether oxygens (including phenoxy) is 2. The van der Waals surface area contributed by atoms with Gasteiger partial charge in [0.15, 0.2) is 31.3 Å². The van der Waals surface area contributed by atoms with Gasteiger partial charge in [0.25, 0.3) is 0 Å². The lowest BCUT2D eigenvalue weighted by molar-refractivity contribution is -0.697. The number of nitrogens with zero attached hydrogens (tertiary/aromatic N) is 4. The van der Waals surface area contributed by atoms with Crippen molar-refractivity contribution in [2.75, 3.05) is 13.2 Å². The van der Waals surface area contributed by atoms with Crippen LogP contribution in [0.25, 0.3) is 11.1 Å². The highest BCUT2D eigenvalue weighted by atomic mass is 16.5. The van der Waals surface area contributed by atoms with Crippen molar-refractivity contribution in [3.05, 3.63) is 104 Å². The van der Waals surface area contributed by atoms with E-state index in [1.54, 1.807) is 0 Å². The monoisotopic (exact) mass is 630 g/mol. The van der Waals surface area contributed by atoms with E-state index in [-0.39, 0.29) is 5.60 Å². The van der Waals surface area contributed by atoms with Crippen LogP contribution in [0.1, 0.15) is 70.6 Å². The highest BCUT2D eigenvalue weighted by Crippen LogP contribution is 2.57. The highest BCUT2D eigenvalue weighted by Gasteiger charge is 2.51. The Kier molecular flexibility index (Phi) is 10.3. The van der Waals surface area contributed by atoms with Crippen LogP contribution in [0.3, 0.4) is 0 Å². The molecule has 47 heavy (non-hydrogen) atoms. The molecule has 2 aromatic heterocycles. The number of aryl methyl sites for hydroxylation is 2. The molecular weight excluding hydrogens is 580 g/mol. The van der Waals surface area contributed by atoms with Crippen LogP contribution in [-0.2, 0) is 17.8 Å². The summed E-state index contributed by atoms with van der Waals surface area (Å²) in [6, 6.07) is 26.5. The Hall–Kier alpha value is -3.90. The smallest absolute Gasteiger partial charge is 0.169 e. The zero-order valence-corrected chi connectivity index (χ0v) is 27.8. The van der Waals surface area contributed by atoms with E-state index in [4.69, 9.17) is 9.47 Å². The number of aromatic nitrogens is 2. The fourth-order valence-electron chi connectivity index (χ4n) is 8.50. The summed E-state index contributed by atoms with van der Waals surface area (Å²) in [6.07, 6.45) is 23.0. The number of hydrogen-bond donors (Lipinski definition) is 0. The van der Waals surface area contributed by atoms with Gasteiger partial charge < -0.3 is 9.47 Å². The van der Waals surface area contributed by atoms with Crippen molar-refractivity contribution in [1.29, 1.82) is 0 Å². The number of unbranched alkanes of at least 4 members (excludes halogenated alkanes) is 3. The Balaban J connectivity index is 0.756. The van der Waals surface area contributed by atoms with E-state index in [0.29, 0.717) is 0 Å². The van der Waals surface area contributed by atoms with Crippen molar-refractivity contribution in [1.82, 2.24) is 0 Å². The second kappa shape index (κ2) is 15.3. The van der Waals surface area contributed by atoms with Gasteiger partial charge in [-0.3, -0.25) is 0 Å². The maximum atomic E-state index is 6.63. The van der Waals surface area contributed by atoms with Crippen LogP contribution >= 0.6 is 0 Å². The fraction of sp³-hybridized carbons (Fsp3) is 0.463. The van der Waals surface area contributed by atoms with Crippen molar-refractivity contribution in [3.63, 3.8) is 0 Å². The molecule has 0 amide bonds. The molecule has 0 atom stereocenters. The second-order valence-corrected chi connectivity index (χ2v) is 14.2. The largest absolute Gasteiger partial charge is 0.494 e. The van der Waals surface area contributed by atoms with Gasteiger partial charge in [-0.25, -0.2) is 9.13 Å². The molecule has 0 aliphatic heterocycles. The third-order valence-corrected chi connectivity index (χ3v) is 10.5. The Labute approximate surface area is 280 Å². The molecule has 4 aliphatic carbocycles. The third kappa shape index (κ3) is 8.72. The first-order chi connectivity index (χ1) is 23.2. The van der Waals surface area contributed by atoms with Crippen LogP contribution in [0.2, 0.25) is 0 Å². The quantitative estimate of drug-likeness (QED) is 0.0704. The summed E-state index contributed by atoms with van der Waals surface area (Å²) in [5.41, 5.74) is 4.44. The number of azo groups is 1. The molecule has 4 saturated carbocycles. The molecule has 0 saturated heterocycles. The zero-order valence-electron chi connectivity index (χ0n) is 27.8. The molecular formula is C41H50N4O2+2. The molecule has 4 bridgehead atoms. The van der Waals surface area contributed by atoms with E-state index in [0.717, 1.165) is 74.0 Å². The van der Waals surface area contributed by atoms with Crippen molar-refractivity contribution >= 4 is 11.4 Å². The summed E-state index contributed by atoms with van der Waals surface area (Å²) in [7, 11) is 0. The van der Waals surface area contributed by atoms with E-state index in [1.807, 2.05) is 54.6 Å². The molecule has 4 fully saturated rings. The lowest BCUT2D eigenvalue weighted by Crippen LogP contribution is -2.52. The molecule has 0 radical (unpaired) electrons. The average Bonchev–Trinajstić information content (AvgIpc) is 3.10. The Morgan fingerprint density at radius 3 is 1.68 bits per heavy atom. The van der Waals surface area contributed by atoms with Gasteiger partial charge in [0.05, 0.1) is 30.2 Å². The van der Waals surface area contributed by atoms with Gasteiger partial charge in [-0.05, 0) is 123 Å². The lowest BCUT2D eigenvalue weighted by atomic mass is 9.54. The second-order valence-electron chi connectivity index (χ2n) is 14.2. The molecule has 4 aromatic rings. The minimum atomic E-state index is 0.231. The highest BCUT2D eigenvalue weighted by molar-refractivity contribution is 5.60. The summed E-state index contributed by atoms with van der Waals surface area (Å²) in [5.74, 6) is 3.73. The average molecular weight is 631 g/mol. The van der Waals surface area contributed by atoms with Crippen LogP contribution < -0.4 is 13.9 Å². The van der Waals surface area contributed by atoms with Gasteiger partial charge in [-0.15, -0.1) is 0 Å². The topological polar surface area (TPSA) is 50.9 Å². The first-order valence-corrected chi connectivity index (χ1v) is 18.0. The van der Waals surface area contributed by atoms with Gasteiger partial charge in [0.1, 0.15) is 12.3 Å². The Bertz CT molecular complexity index is 1530. The molecule has 0 N–H and O–H groups in total. The Morgan fingerprint density at radius 1 is 0.553 bits per heavy atom. The van der Waals surface area contributed by atoms with E-state index >= 15 is 0 Å². The van der Waals surface area contributed by atoms with E-state index in [1.165, 1.54) is 68.9 Å². The third-order valence-electron chi connectivity index (χ3n) is 10.5. The van der Waals surface area contributed by atoms with Crippen molar-refractivity contribution in [2.24, 2.45) is 28.0 Å². The number of rotatable bonds is 16. The minimum Gasteiger partial charge on any atom is -0.494 e. The molecule has 0 spiro atoms. The number of pyridine rings is 2. The van der Waals surface area contributed by atoms with Gasteiger partial charge in [-0.2, -0.15) is 10.2 Å². The van der Waals surface area contributed by atoms with Crippen LogP contribution in [0.4, 0.5) is 11.4 Å². The molecule has 4 aliphatic rings. The first-order valence-electron chi connectivity index (χ1n) is 18.0. The van der Waals surface area contributed by atoms with Crippen molar-refractivity contribution in [3.8, 4) is 16.9 Å². The van der Waals surface area contributed by atoms with Gasteiger partial charge in [-0.1, -0.05) is 18.2 Å². The van der Waals surface area contributed by atoms with Crippen LogP contribution in [-0.4, -0.2) is 18.8 Å². The molecule has 8 rings (SSSR count). The predicted octanol–water partition coefficient (Wildman–Crippen LogP) is 9.36. The maximum Gasteiger partial charge on any atom is 0.169 e. The Morgan fingerprint density at radius 2 is 1.09 bits per heavy atom. The summed E-state index contributed by atoms with van der Waals surface area (Å²) >= 11 is 0. The minimum absolute atomic E-state index is 0.231. The summed E-state index contributed by atoms with van der Waals surface area (Å²) in [5, 5.41) is 8.55. The number of benzene rings is 2. The zero-order chi connectivity index (χ0) is 31.7. The fourth-order valence-corrected chi connectivity index (χ4v) is 8.50. The molecule has 6 nitrogen and oxygen atoms in total.